The lowest BCUT2D eigenvalue weighted by molar-refractivity contribution is -0.114. The molecule has 0 aliphatic heterocycles. The summed E-state index contributed by atoms with van der Waals surface area (Å²) in [7, 11) is 1.54. The molecule has 2 aromatic rings. The maximum atomic E-state index is 11.2. The summed E-state index contributed by atoms with van der Waals surface area (Å²) in [6.07, 6.45) is 1.58. The highest BCUT2D eigenvalue weighted by molar-refractivity contribution is 5.91. The number of carbonyl (C=O) groups is 1. The Labute approximate surface area is 110 Å². The smallest absolute Gasteiger partial charge is 0.221 e. The largest absolute Gasteiger partial charge is 0.495 e. The van der Waals surface area contributed by atoms with Crippen molar-refractivity contribution in [2.24, 2.45) is 0 Å². The molecule has 0 atom stereocenters. The minimum Gasteiger partial charge on any atom is -0.495 e. The standard InChI is InChI=1S/C13H14N4O2/c1-8(18)16-11-7-9(3-4-12(11)19-2)10-5-6-15-13(14)17-10/h3-7H,1-2H3,(H,16,18)(H2,14,15,17). The normalized spacial score (nSPS) is 10.0. The zero-order valence-corrected chi connectivity index (χ0v) is 10.7. The maximum Gasteiger partial charge on any atom is 0.221 e. The van der Waals surface area contributed by atoms with Gasteiger partial charge in [0.2, 0.25) is 11.9 Å². The molecule has 1 aromatic heterocycles. The molecule has 2 rings (SSSR count). The number of nitrogens with zero attached hydrogens (tertiary/aromatic N) is 2. The van der Waals surface area contributed by atoms with Gasteiger partial charge in [-0.2, -0.15) is 0 Å². The number of carbonyl (C=O) groups excluding carboxylic acids is 1. The predicted octanol–water partition coefficient (Wildman–Crippen LogP) is 1.69. The van der Waals surface area contributed by atoms with E-state index in [1.165, 1.54) is 6.92 Å². The number of nitrogens with one attached hydrogen (secondary N) is 1. The molecule has 1 amide bonds. The third-order valence-electron chi connectivity index (χ3n) is 2.48. The van der Waals surface area contributed by atoms with Gasteiger partial charge >= 0.3 is 0 Å². The number of amides is 1. The number of nitrogen functional groups attached to an aromatic ring is 1. The second kappa shape index (κ2) is 5.34. The predicted molar refractivity (Wildman–Crippen MR) is 72.7 cm³/mol. The molecule has 0 unspecified atom stereocenters. The quantitative estimate of drug-likeness (QED) is 0.874. The summed E-state index contributed by atoms with van der Waals surface area (Å²) in [5, 5.41) is 2.71. The van der Waals surface area contributed by atoms with Gasteiger partial charge < -0.3 is 15.8 Å². The Morgan fingerprint density at radius 1 is 1.37 bits per heavy atom. The van der Waals surface area contributed by atoms with Crippen LogP contribution in [0.1, 0.15) is 6.92 Å². The van der Waals surface area contributed by atoms with Crippen LogP contribution in [0.5, 0.6) is 5.75 Å². The molecular formula is C13H14N4O2. The van der Waals surface area contributed by atoms with Crippen molar-refractivity contribution in [2.75, 3.05) is 18.2 Å². The van der Waals surface area contributed by atoms with Gasteiger partial charge in [0.1, 0.15) is 5.75 Å². The van der Waals surface area contributed by atoms with Gasteiger partial charge in [0, 0.05) is 18.7 Å². The van der Waals surface area contributed by atoms with Crippen molar-refractivity contribution < 1.29 is 9.53 Å². The van der Waals surface area contributed by atoms with Gasteiger partial charge in [-0.15, -0.1) is 0 Å². The minimum atomic E-state index is -0.169. The van der Waals surface area contributed by atoms with E-state index in [1.54, 1.807) is 31.5 Å². The summed E-state index contributed by atoms with van der Waals surface area (Å²) in [6.45, 7) is 1.44. The molecular weight excluding hydrogens is 244 g/mol. The van der Waals surface area contributed by atoms with Crippen LogP contribution in [0, 0.1) is 0 Å². The third kappa shape index (κ3) is 2.98. The molecule has 0 saturated heterocycles. The van der Waals surface area contributed by atoms with E-state index >= 15 is 0 Å². The molecule has 1 aromatic carbocycles. The van der Waals surface area contributed by atoms with Crippen LogP contribution in [0.2, 0.25) is 0 Å². The number of methoxy groups -OCH3 is 1. The van der Waals surface area contributed by atoms with E-state index in [9.17, 15) is 4.79 Å². The van der Waals surface area contributed by atoms with Gasteiger partial charge in [-0.3, -0.25) is 4.79 Å². The number of nitrogens with two attached hydrogens (primary N) is 1. The lowest BCUT2D eigenvalue weighted by atomic mass is 10.1. The Hall–Kier alpha value is -2.63. The van der Waals surface area contributed by atoms with Gasteiger partial charge in [-0.05, 0) is 24.3 Å². The Morgan fingerprint density at radius 3 is 2.79 bits per heavy atom. The third-order valence-corrected chi connectivity index (χ3v) is 2.48. The summed E-state index contributed by atoms with van der Waals surface area (Å²) in [5.74, 6) is 0.619. The van der Waals surface area contributed by atoms with Crippen LogP contribution in [0.15, 0.2) is 30.5 Å². The van der Waals surface area contributed by atoms with Gasteiger partial charge in [0.25, 0.3) is 0 Å². The molecule has 19 heavy (non-hydrogen) atoms. The van der Waals surface area contributed by atoms with Crippen molar-refractivity contribution in [3.8, 4) is 17.0 Å². The van der Waals surface area contributed by atoms with E-state index in [0.29, 0.717) is 17.1 Å². The van der Waals surface area contributed by atoms with Crippen LogP contribution in [0.4, 0.5) is 11.6 Å². The van der Waals surface area contributed by atoms with Crippen LogP contribution >= 0.6 is 0 Å². The molecule has 0 radical (unpaired) electrons. The fourth-order valence-corrected chi connectivity index (χ4v) is 1.69. The summed E-state index contributed by atoms with van der Waals surface area (Å²) in [5.41, 5.74) is 7.64. The lowest BCUT2D eigenvalue weighted by Gasteiger charge is -2.10. The Bertz CT molecular complexity index is 613. The van der Waals surface area contributed by atoms with E-state index in [1.807, 2.05) is 6.07 Å². The molecule has 0 saturated carbocycles. The molecule has 3 N–H and O–H groups in total. The van der Waals surface area contributed by atoms with E-state index in [4.69, 9.17) is 10.5 Å². The zero-order valence-electron chi connectivity index (χ0n) is 10.7. The molecule has 6 heteroatoms. The van der Waals surface area contributed by atoms with Crippen LogP contribution in [-0.2, 0) is 4.79 Å². The molecule has 0 aliphatic rings. The number of ether oxygens (including phenoxy) is 1. The number of hydrogen-bond donors (Lipinski definition) is 2. The van der Waals surface area contributed by atoms with E-state index < -0.39 is 0 Å². The molecule has 0 bridgehead atoms. The first kappa shape index (κ1) is 12.8. The number of aromatic nitrogens is 2. The molecule has 6 nitrogen and oxygen atoms in total. The highest BCUT2D eigenvalue weighted by atomic mass is 16.5. The fraction of sp³-hybridized carbons (Fsp3) is 0.154. The summed E-state index contributed by atoms with van der Waals surface area (Å²) in [6, 6.07) is 7.13. The first-order chi connectivity index (χ1) is 9.10. The number of hydrogen-bond acceptors (Lipinski definition) is 5. The number of benzene rings is 1. The van der Waals surface area contributed by atoms with Crippen molar-refractivity contribution >= 4 is 17.5 Å². The van der Waals surface area contributed by atoms with Gasteiger partial charge in [0.05, 0.1) is 18.5 Å². The lowest BCUT2D eigenvalue weighted by Crippen LogP contribution is -2.07. The monoisotopic (exact) mass is 258 g/mol. The van der Waals surface area contributed by atoms with Crippen molar-refractivity contribution in [3.05, 3.63) is 30.5 Å². The first-order valence-electron chi connectivity index (χ1n) is 5.64. The van der Waals surface area contributed by atoms with Crippen LogP contribution < -0.4 is 15.8 Å². The average molecular weight is 258 g/mol. The Balaban J connectivity index is 2.45. The molecule has 98 valence electrons. The minimum absolute atomic E-state index is 0.169. The second-order valence-corrected chi connectivity index (χ2v) is 3.90. The first-order valence-corrected chi connectivity index (χ1v) is 5.64. The molecule has 0 fully saturated rings. The van der Waals surface area contributed by atoms with Gasteiger partial charge in [-0.25, -0.2) is 9.97 Å². The van der Waals surface area contributed by atoms with Crippen LogP contribution in [0.25, 0.3) is 11.3 Å². The van der Waals surface area contributed by atoms with Gasteiger partial charge in [-0.1, -0.05) is 0 Å². The fourth-order valence-electron chi connectivity index (χ4n) is 1.69. The molecule has 0 aliphatic carbocycles. The van der Waals surface area contributed by atoms with E-state index in [2.05, 4.69) is 15.3 Å². The van der Waals surface area contributed by atoms with Crippen molar-refractivity contribution in [1.82, 2.24) is 9.97 Å². The second-order valence-electron chi connectivity index (χ2n) is 3.90. The highest BCUT2D eigenvalue weighted by Crippen LogP contribution is 2.29. The zero-order chi connectivity index (χ0) is 13.8. The van der Waals surface area contributed by atoms with Gasteiger partial charge in [0.15, 0.2) is 0 Å². The Kier molecular flexibility index (Phi) is 3.61. The summed E-state index contributed by atoms with van der Waals surface area (Å²) >= 11 is 0. The van der Waals surface area contributed by atoms with Crippen LogP contribution in [0.3, 0.4) is 0 Å². The number of rotatable bonds is 3. The van der Waals surface area contributed by atoms with Crippen molar-refractivity contribution in [1.29, 1.82) is 0 Å². The maximum absolute atomic E-state index is 11.2. The van der Waals surface area contributed by atoms with Crippen LogP contribution in [-0.4, -0.2) is 23.0 Å². The van der Waals surface area contributed by atoms with Crippen molar-refractivity contribution in [2.45, 2.75) is 6.92 Å². The summed E-state index contributed by atoms with van der Waals surface area (Å²) < 4.78 is 5.19. The Morgan fingerprint density at radius 2 is 2.16 bits per heavy atom. The molecule has 1 heterocycles. The van der Waals surface area contributed by atoms with Crippen molar-refractivity contribution in [3.63, 3.8) is 0 Å². The summed E-state index contributed by atoms with van der Waals surface area (Å²) in [4.78, 5) is 19.1. The highest BCUT2D eigenvalue weighted by Gasteiger charge is 2.08. The average Bonchev–Trinajstić information content (AvgIpc) is 2.38. The SMILES string of the molecule is COc1ccc(-c2ccnc(N)n2)cc1NC(C)=O. The topological polar surface area (TPSA) is 90.1 Å². The van der Waals surface area contributed by atoms with E-state index in [-0.39, 0.29) is 11.9 Å². The molecule has 0 spiro atoms. The number of anilines is 2. The van der Waals surface area contributed by atoms with E-state index in [0.717, 1.165) is 5.56 Å².